The standard InChI is InChI=1S/C30H50O5/c1-17(2)18(3)8-9-19(4)23-10-11-24-22-14-26(33)30(34)15-21(32)12-13-29(30,7)27(22)25(35-20(5)31)16-28(23,24)6/h8-9,17-19,21-27,32-34H,10-16H2,1-7H3/t18-,19+,21-,22-,23+,24-,25+,26+,27+,28+,29+,30-/m0/s1. The van der Waals surface area contributed by atoms with Crippen molar-refractivity contribution in [3.8, 4) is 0 Å². The van der Waals surface area contributed by atoms with Crippen molar-refractivity contribution in [1.82, 2.24) is 0 Å². The molecule has 200 valence electrons. The molecular formula is C30H50O5. The Labute approximate surface area is 212 Å². The predicted molar refractivity (Wildman–Crippen MR) is 137 cm³/mol. The lowest BCUT2D eigenvalue weighted by Gasteiger charge is -2.66. The Morgan fingerprint density at radius 3 is 2.34 bits per heavy atom. The van der Waals surface area contributed by atoms with E-state index in [1.807, 2.05) is 0 Å². The van der Waals surface area contributed by atoms with Gasteiger partial charge in [0, 0.05) is 24.7 Å². The molecule has 0 radical (unpaired) electrons. The maximum absolute atomic E-state index is 12.3. The molecule has 0 aromatic carbocycles. The van der Waals surface area contributed by atoms with Gasteiger partial charge in [-0.1, -0.05) is 53.7 Å². The van der Waals surface area contributed by atoms with Crippen LogP contribution in [-0.2, 0) is 9.53 Å². The molecule has 5 nitrogen and oxygen atoms in total. The minimum Gasteiger partial charge on any atom is -0.462 e. The highest BCUT2D eigenvalue weighted by Crippen LogP contribution is 2.69. The van der Waals surface area contributed by atoms with Gasteiger partial charge in [-0.25, -0.2) is 0 Å². The van der Waals surface area contributed by atoms with Crippen LogP contribution in [0.2, 0.25) is 0 Å². The third kappa shape index (κ3) is 4.32. The van der Waals surface area contributed by atoms with Crippen LogP contribution in [0.4, 0.5) is 0 Å². The SMILES string of the molecule is CC(=O)O[C@@H]1C[C@]2(C)[C@@H]([C@H](C)C=C[C@H](C)C(C)C)CC[C@H]2[C@@H]2C[C@@H](O)[C@@]3(O)C[C@@H](O)CC[C@]3(C)[C@H]21. The molecule has 4 aliphatic rings. The van der Waals surface area contributed by atoms with Gasteiger partial charge >= 0.3 is 5.97 Å². The average Bonchev–Trinajstić information content (AvgIpc) is 3.10. The largest absolute Gasteiger partial charge is 0.462 e. The van der Waals surface area contributed by atoms with E-state index < -0.39 is 23.2 Å². The first-order valence-corrected chi connectivity index (χ1v) is 14.2. The van der Waals surface area contributed by atoms with Gasteiger partial charge in [0.25, 0.3) is 0 Å². The van der Waals surface area contributed by atoms with E-state index in [2.05, 4.69) is 53.7 Å². The summed E-state index contributed by atoms with van der Waals surface area (Å²) in [6.45, 7) is 15.1. The van der Waals surface area contributed by atoms with E-state index in [9.17, 15) is 20.1 Å². The van der Waals surface area contributed by atoms with Crippen LogP contribution in [0, 0.1) is 52.3 Å². The zero-order chi connectivity index (χ0) is 25.9. The molecule has 0 heterocycles. The molecule has 4 rings (SSSR count). The number of carbonyl (C=O) groups is 1. The number of hydrogen-bond acceptors (Lipinski definition) is 5. The van der Waals surface area contributed by atoms with Crippen molar-refractivity contribution >= 4 is 5.97 Å². The first-order valence-electron chi connectivity index (χ1n) is 14.2. The molecule has 5 heteroatoms. The lowest BCUT2D eigenvalue weighted by atomic mass is 9.41. The molecule has 0 amide bonds. The van der Waals surface area contributed by atoms with Gasteiger partial charge in [0.05, 0.1) is 17.8 Å². The topological polar surface area (TPSA) is 87.0 Å². The van der Waals surface area contributed by atoms with Crippen molar-refractivity contribution in [3.05, 3.63) is 12.2 Å². The van der Waals surface area contributed by atoms with Gasteiger partial charge in [-0.2, -0.15) is 0 Å². The third-order valence-corrected chi connectivity index (χ3v) is 11.5. The Bertz CT molecular complexity index is 824. The maximum Gasteiger partial charge on any atom is 0.302 e. The first kappa shape index (κ1) is 27.1. The van der Waals surface area contributed by atoms with Crippen LogP contribution >= 0.6 is 0 Å². The second kappa shape index (κ2) is 9.44. The van der Waals surface area contributed by atoms with Crippen LogP contribution in [-0.4, -0.2) is 45.2 Å². The number of carbonyl (C=O) groups excluding carboxylic acids is 1. The molecule has 4 fully saturated rings. The molecule has 0 saturated heterocycles. The summed E-state index contributed by atoms with van der Waals surface area (Å²) in [5.41, 5.74) is -1.92. The number of aliphatic hydroxyl groups is 3. The van der Waals surface area contributed by atoms with Gasteiger partial charge in [-0.3, -0.25) is 4.79 Å². The minimum atomic E-state index is -1.35. The molecule has 4 aliphatic carbocycles. The van der Waals surface area contributed by atoms with E-state index in [4.69, 9.17) is 4.74 Å². The van der Waals surface area contributed by atoms with Crippen LogP contribution in [0.3, 0.4) is 0 Å². The molecule has 0 aromatic rings. The summed E-state index contributed by atoms with van der Waals surface area (Å²) in [5.74, 6) is 2.46. The lowest BCUT2D eigenvalue weighted by molar-refractivity contribution is -0.284. The smallest absolute Gasteiger partial charge is 0.302 e. The number of esters is 1. The fourth-order valence-electron chi connectivity index (χ4n) is 9.28. The molecule has 4 saturated carbocycles. The second-order valence-electron chi connectivity index (χ2n) is 13.7. The summed E-state index contributed by atoms with van der Waals surface area (Å²) in [7, 11) is 0. The lowest BCUT2D eigenvalue weighted by Crippen LogP contribution is -2.71. The fourth-order valence-corrected chi connectivity index (χ4v) is 9.28. The Hall–Kier alpha value is -0.910. The van der Waals surface area contributed by atoms with Crippen molar-refractivity contribution in [3.63, 3.8) is 0 Å². The number of fused-ring (bicyclic) bond motifs is 5. The summed E-state index contributed by atoms with van der Waals surface area (Å²) in [6, 6.07) is 0. The average molecular weight is 491 g/mol. The molecule has 0 bridgehead atoms. The molecule has 0 unspecified atom stereocenters. The second-order valence-corrected chi connectivity index (χ2v) is 13.7. The summed E-state index contributed by atoms with van der Waals surface area (Å²) in [4.78, 5) is 12.3. The highest BCUT2D eigenvalue weighted by molar-refractivity contribution is 5.66. The van der Waals surface area contributed by atoms with Crippen molar-refractivity contribution < 1.29 is 24.9 Å². The number of allylic oxidation sites excluding steroid dienone is 2. The molecule has 12 atom stereocenters. The molecule has 3 N–H and O–H groups in total. The fraction of sp³-hybridized carbons (Fsp3) is 0.900. The van der Waals surface area contributed by atoms with Gasteiger partial charge in [0.1, 0.15) is 6.10 Å². The van der Waals surface area contributed by atoms with Gasteiger partial charge in [-0.15, -0.1) is 0 Å². The van der Waals surface area contributed by atoms with Crippen LogP contribution in [0.1, 0.15) is 93.4 Å². The molecule has 0 spiro atoms. The van der Waals surface area contributed by atoms with Gasteiger partial charge < -0.3 is 20.1 Å². The maximum atomic E-state index is 12.3. The monoisotopic (exact) mass is 490 g/mol. The Morgan fingerprint density at radius 1 is 1.03 bits per heavy atom. The Morgan fingerprint density at radius 2 is 1.71 bits per heavy atom. The zero-order valence-electron chi connectivity index (χ0n) is 23.0. The van der Waals surface area contributed by atoms with Crippen LogP contribution in [0.5, 0.6) is 0 Å². The molecule has 0 aromatic heterocycles. The molecular weight excluding hydrogens is 440 g/mol. The van der Waals surface area contributed by atoms with Crippen molar-refractivity contribution in [2.45, 2.75) is 117 Å². The summed E-state index contributed by atoms with van der Waals surface area (Å²) < 4.78 is 6.10. The molecule has 0 aliphatic heterocycles. The summed E-state index contributed by atoms with van der Waals surface area (Å²) in [6.07, 6.45) is 8.09. The van der Waals surface area contributed by atoms with Crippen LogP contribution in [0.15, 0.2) is 12.2 Å². The third-order valence-electron chi connectivity index (χ3n) is 11.5. The van der Waals surface area contributed by atoms with Gasteiger partial charge in [0.2, 0.25) is 0 Å². The number of ether oxygens (including phenoxy) is 1. The Kier molecular flexibility index (Phi) is 7.32. The first-order chi connectivity index (χ1) is 16.2. The quantitative estimate of drug-likeness (QED) is 0.368. The molecule has 35 heavy (non-hydrogen) atoms. The van der Waals surface area contributed by atoms with Crippen molar-refractivity contribution in [2.24, 2.45) is 52.3 Å². The number of rotatable bonds is 5. The predicted octanol–water partition coefficient (Wildman–Crippen LogP) is 5.12. The highest BCUT2D eigenvalue weighted by Gasteiger charge is 2.70. The normalized spacial score (nSPS) is 49.3. The van der Waals surface area contributed by atoms with E-state index in [0.29, 0.717) is 48.9 Å². The van der Waals surface area contributed by atoms with Gasteiger partial charge in [0.15, 0.2) is 0 Å². The minimum absolute atomic E-state index is 0.00376. The van der Waals surface area contributed by atoms with Crippen LogP contribution in [0.25, 0.3) is 0 Å². The highest BCUT2D eigenvalue weighted by atomic mass is 16.5. The van der Waals surface area contributed by atoms with E-state index in [-0.39, 0.29) is 35.7 Å². The number of aliphatic hydroxyl groups excluding tert-OH is 2. The van der Waals surface area contributed by atoms with E-state index in [0.717, 1.165) is 19.3 Å². The zero-order valence-corrected chi connectivity index (χ0v) is 23.0. The van der Waals surface area contributed by atoms with E-state index >= 15 is 0 Å². The summed E-state index contributed by atoms with van der Waals surface area (Å²) in [5, 5.41) is 33.6. The van der Waals surface area contributed by atoms with Crippen molar-refractivity contribution in [1.29, 1.82) is 0 Å². The van der Waals surface area contributed by atoms with Crippen molar-refractivity contribution in [2.75, 3.05) is 0 Å². The number of hydrogen-bond donors (Lipinski definition) is 3. The van der Waals surface area contributed by atoms with E-state index in [1.54, 1.807) is 0 Å². The van der Waals surface area contributed by atoms with Gasteiger partial charge in [-0.05, 0) is 79.4 Å². The van der Waals surface area contributed by atoms with Crippen LogP contribution < -0.4 is 0 Å². The van der Waals surface area contributed by atoms with E-state index in [1.165, 1.54) is 6.92 Å². The Balaban J connectivity index is 1.69. The summed E-state index contributed by atoms with van der Waals surface area (Å²) >= 11 is 0.